The molecule has 0 amide bonds. The summed E-state index contributed by atoms with van der Waals surface area (Å²) in [5, 5.41) is 5.53. The van der Waals surface area contributed by atoms with Crippen LogP contribution in [0.25, 0.3) is 0 Å². The molecule has 1 atom stereocenters. The van der Waals surface area contributed by atoms with Gasteiger partial charge in [0.05, 0.1) is 0 Å². The van der Waals surface area contributed by atoms with Gasteiger partial charge in [-0.1, -0.05) is 52.1 Å². The molecule has 0 aromatic rings. The van der Waals surface area contributed by atoms with E-state index in [0.717, 1.165) is 0 Å². The van der Waals surface area contributed by atoms with Crippen LogP contribution in [0.5, 0.6) is 0 Å². The average molecular weight is 173 g/mol. The molecule has 0 aromatic carbocycles. The number of rotatable bonds is 4. The van der Waals surface area contributed by atoms with E-state index >= 15 is 0 Å². The van der Waals surface area contributed by atoms with Crippen molar-refractivity contribution >= 4 is 11.9 Å². The summed E-state index contributed by atoms with van der Waals surface area (Å²) in [6.07, 6.45) is 3.46. The Morgan fingerprint density at radius 2 is 2.00 bits per heavy atom. The molecule has 0 aliphatic carbocycles. The molecule has 0 rings (SSSR count). The van der Waals surface area contributed by atoms with Gasteiger partial charge >= 0.3 is 0 Å². The first-order valence-electron chi connectivity index (χ1n) is 4.20. The zero-order valence-electron chi connectivity index (χ0n) is 7.92. The smallest absolute Gasteiger partial charge is 0.00106 e. The highest BCUT2D eigenvalue weighted by Gasteiger charge is 2.03. The second-order valence-electron chi connectivity index (χ2n) is 3.23. The third-order valence-electron chi connectivity index (χ3n) is 1.80. The highest BCUT2D eigenvalue weighted by molar-refractivity contribution is 8.00. The maximum absolute atomic E-state index is 5.53. The van der Waals surface area contributed by atoms with Gasteiger partial charge in [0.15, 0.2) is 0 Å². The predicted molar refractivity (Wildman–Crippen MR) is 54.2 cm³/mol. The fraction of sp³-hybridized carbons (Fsp3) is 0.778. The highest BCUT2D eigenvalue weighted by Crippen LogP contribution is 2.21. The average Bonchev–Trinajstić information content (AvgIpc) is 1.99. The number of hydrogen-bond donors (Lipinski definition) is 1. The zero-order valence-corrected chi connectivity index (χ0v) is 8.74. The molecule has 1 unspecified atom stereocenters. The van der Waals surface area contributed by atoms with E-state index in [-0.39, 0.29) is 0 Å². The van der Waals surface area contributed by atoms with Crippen LogP contribution in [0.1, 0.15) is 34.1 Å². The van der Waals surface area contributed by atoms with Crippen LogP contribution < -0.4 is 5.14 Å². The summed E-state index contributed by atoms with van der Waals surface area (Å²) < 4.78 is 0. The van der Waals surface area contributed by atoms with E-state index in [1.165, 1.54) is 23.3 Å². The van der Waals surface area contributed by atoms with E-state index in [1.54, 1.807) is 0 Å². The van der Waals surface area contributed by atoms with Crippen LogP contribution in [0.3, 0.4) is 0 Å². The third kappa shape index (κ3) is 4.49. The van der Waals surface area contributed by atoms with Crippen molar-refractivity contribution in [1.82, 2.24) is 0 Å². The minimum Gasteiger partial charge on any atom is -0.274 e. The standard InChI is InChI=1S/C9H19NS/c1-5-8(4)6-9(11-10)7(2)3/h6-8H,5,10H2,1-4H3/b9-6-. The minimum atomic E-state index is 0.569. The molecule has 1 nitrogen and oxygen atoms in total. The van der Waals surface area contributed by atoms with Gasteiger partial charge in [0.1, 0.15) is 0 Å². The first-order valence-corrected chi connectivity index (χ1v) is 5.08. The second kappa shape index (κ2) is 5.67. The first kappa shape index (κ1) is 11.1. The van der Waals surface area contributed by atoms with Crippen LogP contribution in [0, 0.1) is 11.8 Å². The molecule has 0 aromatic heterocycles. The lowest BCUT2D eigenvalue weighted by molar-refractivity contribution is 0.682. The number of allylic oxidation sites excluding steroid dienone is 2. The molecule has 0 radical (unpaired) electrons. The van der Waals surface area contributed by atoms with Gasteiger partial charge in [-0.25, -0.2) is 0 Å². The quantitative estimate of drug-likeness (QED) is 0.661. The molecule has 0 bridgehead atoms. The Morgan fingerprint density at radius 1 is 1.45 bits per heavy atom. The lowest BCUT2D eigenvalue weighted by Gasteiger charge is -2.10. The van der Waals surface area contributed by atoms with Gasteiger partial charge in [0, 0.05) is 0 Å². The topological polar surface area (TPSA) is 26.0 Å². The fourth-order valence-corrected chi connectivity index (χ4v) is 1.35. The molecule has 0 spiro atoms. The largest absolute Gasteiger partial charge is 0.274 e. The van der Waals surface area contributed by atoms with Crippen molar-refractivity contribution in [3.05, 3.63) is 11.0 Å². The fourth-order valence-electron chi connectivity index (χ4n) is 0.766. The van der Waals surface area contributed by atoms with Crippen LogP contribution in [0.2, 0.25) is 0 Å². The SMILES string of the molecule is CCC(C)/C=C(\SN)C(C)C. The molecule has 0 fully saturated rings. The third-order valence-corrected chi connectivity index (χ3v) is 2.68. The summed E-state index contributed by atoms with van der Waals surface area (Å²) >= 11 is 1.38. The van der Waals surface area contributed by atoms with E-state index in [4.69, 9.17) is 5.14 Å². The summed E-state index contributed by atoms with van der Waals surface area (Å²) in [5.74, 6) is 1.22. The van der Waals surface area contributed by atoms with Crippen LogP contribution >= 0.6 is 11.9 Å². The van der Waals surface area contributed by atoms with Crippen molar-refractivity contribution in [3.8, 4) is 0 Å². The van der Waals surface area contributed by atoms with Gasteiger partial charge in [0.25, 0.3) is 0 Å². The lowest BCUT2D eigenvalue weighted by atomic mass is 10.1. The second-order valence-corrected chi connectivity index (χ2v) is 3.93. The Kier molecular flexibility index (Phi) is 5.69. The van der Waals surface area contributed by atoms with Crippen molar-refractivity contribution in [3.63, 3.8) is 0 Å². The Morgan fingerprint density at radius 3 is 2.27 bits per heavy atom. The van der Waals surface area contributed by atoms with Crippen LogP contribution in [-0.4, -0.2) is 0 Å². The molecular weight excluding hydrogens is 154 g/mol. The predicted octanol–water partition coefficient (Wildman–Crippen LogP) is 3.18. The van der Waals surface area contributed by atoms with Gasteiger partial charge in [-0.15, -0.1) is 0 Å². The van der Waals surface area contributed by atoms with Crippen molar-refractivity contribution in [2.45, 2.75) is 34.1 Å². The molecular formula is C9H19NS. The van der Waals surface area contributed by atoms with Crippen molar-refractivity contribution in [1.29, 1.82) is 0 Å². The molecule has 2 heteroatoms. The molecule has 0 aliphatic heterocycles. The lowest BCUT2D eigenvalue weighted by Crippen LogP contribution is -1.97. The number of nitrogens with two attached hydrogens (primary N) is 1. The normalized spacial score (nSPS) is 15.6. The van der Waals surface area contributed by atoms with Crippen molar-refractivity contribution < 1.29 is 0 Å². The molecule has 11 heavy (non-hydrogen) atoms. The van der Waals surface area contributed by atoms with Gasteiger partial charge in [-0.2, -0.15) is 0 Å². The highest BCUT2D eigenvalue weighted by atomic mass is 32.2. The van der Waals surface area contributed by atoms with E-state index in [0.29, 0.717) is 11.8 Å². The van der Waals surface area contributed by atoms with Gasteiger partial charge in [0.2, 0.25) is 0 Å². The summed E-state index contributed by atoms with van der Waals surface area (Å²) in [5.41, 5.74) is 0. The molecule has 2 N–H and O–H groups in total. The van der Waals surface area contributed by atoms with Gasteiger partial charge in [-0.3, -0.25) is 5.14 Å². The zero-order chi connectivity index (χ0) is 8.85. The van der Waals surface area contributed by atoms with Crippen molar-refractivity contribution in [2.24, 2.45) is 17.0 Å². The summed E-state index contributed by atoms with van der Waals surface area (Å²) in [6, 6.07) is 0. The van der Waals surface area contributed by atoms with E-state index in [9.17, 15) is 0 Å². The first-order chi connectivity index (χ1) is 5.11. The van der Waals surface area contributed by atoms with E-state index in [2.05, 4.69) is 33.8 Å². The molecule has 0 saturated carbocycles. The van der Waals surface area contributed by atoms with Crippen LogP contribution in [0.4, 0.5) is 0 Å². The summed E-state index contributed by atoms with van der Waals surface area (Å²) in [6.45, 7) is 8.76. The van der Waals surface area contributed by atoms with Gasteiger partial charge in [-0.05, 0) is 16.7 Å². The van der Waals surface area contributed by atoms with E-state index < -0.39 is 0 Å². The summed E-state index contributed by atoms with van der Waals surface area (Å²) in [4.78, 5) is 1.30. The Bertz CT molecular complexity index is 130. The number of hydrogen-bond acceptors (Lipinski definition) is 2. The Balaban J connectivity index is 4.10. The van der Waals surface area contributed by atoms with E-state index in [1.807, 2.05) is 0 Å². The van der Waals surface area contributed by atoms with Gasteiger partial charge < -0.3 is 0 Å². The summed E-state index contributed by atoms with van der Waals surface area (Å²) in [7, 11) is 0. The monoisotopic (exact) mass is 173 g/mol. The van der Waals surface area contributed by atoms with Crippen LogP contribution in [-0.2, 0) is 0 Å². The molecule has 0 aliphatic rings. The molecule has 66 valence electrons. The minimum absolute atomic E-state index is 0.569. The maximum atomic E-state index is 5.53. The Labute approximate surface area is 74.6 Å². The Hall–Kier alpha value is 0.0500. The molecule has 0 heterocycles. The van der Waals surface area contributed by atoms with Crippen molar-refractivity contribution in [2.75, 3.05) is 0 Å². The molecule has 0 saturated heterocycles. The van der Waals surface area contributed by atoms with Crippen LogP contribution in [0.15, 0.2) is 11.0 Å². The maximum Gasteiger partial charge on any atom is -0.00106 e.